The van der Waals surface area contributed by atoms with Gasteiger partial charge in [0, 0.05) is 24.4 Å². The molecule has 1 rings (SSSR count). The molecule has 0 fully saturated rings. The maximum absolute atomic E-state index is 11.5. The van der Waals surface area contributed by atoms with Crippen LogP contribution in [0.5, 0.6) is 11.5 Å². The van der Waals surface area contributed by atoms with Gasteiger partial charge in [0.2, 0.25) is 5.91 Å². The molecule has 5 heteroatoms. The topological polar surface area (TPSA) is 59.6 Å². The zero-order valence-corrected chi connectivity index (χ0v) is 11.3. The summed E-state index contributed by atoms with van der Waals surface area (Å²) in [6.07, 6.45) is 2.78. The molecule has 0 atom stereocenters. The van der Waals surface area contributed by atoms with Crippen molar-refractivity contribution in [2.75, 3.05) is 21.3 Å². The second-order valence-corrected chi connectivity index (χ2v) is 3.59. The SMILES string of the molecule is C=CNC(=O)/C=C(\NC)c1ccc(OC)c(OC)c1. The molecule has 0 radical (unpaired) electrons. The number of amides is 1. The van der Waals surface area contributed by atoms with Gasteiger partial charge in [-0.05, 0) is 24.4 Å². The van der Waals surface area contributed by atoms with E-state index in [-0.39, 0.29) is 5.91 Å². The van der Waals surface area contributed by atoms with Gasteiger partial charge < -0.3 is 20.1 Å². The van der Waals surface area contributed by atoms with Crippen LogP contribution in [-0.2, 0) is 4.79 Å². The smallest absolute Gasteiger partial charge is 0.249 e. The Morgan fingerprint density at radius 3 is 2.47 bits per heavy atom. The van der Waals surface area contributed by atoms with Gasteiger partial charge in [-0.15, -0.1) is 0 Å². The van der Waals surface area contributed by atoms with Gasteiger partial charge in [0.25, 0.3) is 0 Å². The summed E-state index contributed by atoms with van der Waals surface area (Å²) < 4.78 is 10.4. The van der Waals surface area contributed by atoms with E-state index in [1.807, 2.05) is 6.07 Å². The van der Waals surface area contributed by atoms with Crippen LogP contribution in [0, 0.1) is 0 Å². The number of methoxy groups -OCH3 is 2. The lowest BCUT2D eigenvalue weighted by molar-refractivity contribution is -0.115. The monoisotopic (exact) mass is 262 g/mol. The van der Waals surface area contributed by atoms with E-state index in [1.54, 1.807) is 33.4 Å². The number of carbonyl (C=O) groups is 1. The van der Waals surface area contributed by atoms with Gasteiger partial charge in [0.05, 0.1) is 14.2 Å². The van der Waals surface area contributed by atoms with Gasteiger partial charge in [-0.2, -0.15) is 0 Å². The first-order valence-corrected chi connectivity index (χ1v) is 5.69. The Kier molecular flexibility index (Phi) is 5.47. The van der Waals surface area contributed by atoms with E-state index in [4.69, 9.17) is 9.47 Å². The zero-order valence-electron chi connectivity index (χ0n) is 11.3. The van der Waals surface area contributed by atoms with Crippen LogP contribution in [0.3, 0.4) is 0 Å². The molecule has 5 nitrogen and oxygen atoms in total. The highest BCUT2D eigenvalue weighted by Crippen LogP contribution is 2.29. The van der Waals surface area contributed by atoms with E-state index in [9.17, 15) is 4.79 Å². The number of nitrogens with one attached hydrogen (secondary N) is 2. The molecule has 0 saturated heterocycles. The molecule has 0 saturated carbocycles. The fourth-order valence-corrected chi connectivity index (χ4v) is 1.58. The number of benzene rings is 1. The lowest BCUT2D eigenvalue weighted by Crippen LogP contribution is -2.16. The molecule has 0 aliphatic rings. The number of hydrogen-bond acceptors (Lipinski definition) is 4. The first-order chi connectivity index (χ1) is 9.15. The molecule has 102 valence electrons. The summed E-state index contributed by atoms with van der Waals surface area (Å²) in [5.41, 5.74) is 1.49. The minimum Gasteiger partial charge on any atom is -0.493 e. The van der Waals surface area contributed by atoms with Crippen molar-refractivity contribution in [3.63, 3.8) is 0 Å². The predicted octanol–water partition coefficient (Wildman–Crippen LogP) is 1.52. The van der Waals surface area contributed by atoms with Crippen molar-refractivity contribution >= 4 is 11.6 Å². The molecular formula is C14H18N2O3. The van der Waals surface area contributed by atoms with Crippen molar-refractivity contribution in [2.45, 2.75) is 0 Å². The molecule has 1 aromatic rings. The minimum atomic E-state index is -0.255. The summed E-state index contributed by atoms with van der Waals surface area (Å²) in [6, 6.07) is 5.41. The molecule has 0 aliphatic heterocycles. The highest BCUT2D eigenvalue weighted by atomic mass is 16.5. The van der Waals surface area contributed by atoms with Crippen LogP contribution in [0.15, 0.2) is 37.1 Å². The summed E-state index contributed by atoms with van der Waals surface area (Å²) in [6.45, 7) is 3.44. The Balaban J connectivity index is 3.11. The fraction of sp³-hybridized carbons (Fsp3) is 0.214. The van der Waals surface area contributed by atoms with Crippen molar-refractivity contribution in [1.29, 1.82) is 0 Å². The van der Waals surface area contributed by atoms with Crippen LogP contribution in [0.2, 0.25) is 0 Å². The highest BCUT2D eigenvalue weighted by molar-refractivity contribution is 5.95. The van der Waals surface area contributed by atoms with Gasteiger partial charge in [-0.3, -0.25) is 4.79 Å². The van der Waals surface area contributed by atoms with E-state index >= 15 is 0 Å². The fourth-order valence-electron chi connectivity index (χ4n) is 1.58. The molecule has 2 N–H and O–H groups in total. The standard InChI is InChI=1S/C14H18N2O3/c1-5-16-14(17)9-11(15-2)10-6-7-12(18-3)13(8-10)19-4/h5-9,15H,1H2,2-4H3,(H,16,17)/b11-9-. The van der Waals surface area contributed by atoms with Crippen LogP contribution in [0.25, 0.3) is 5.70 Å². The second-order valence-electron chi connectivity index (χ2n) is 3.59. The lowest BCUT2D eigenvalue weighted by Gasteiger charge is -2.11. The van der Waals surface area contributed by atoms with E-state index in [1.165, 1.54) is 12.3 Å². The van der Waals surface area contributed by atoms with Gasteiger partial charge >= 0.3 is 0 Å². The van der Waals surface area contributed by atoms with Gasteiger partial charge in [-0.25, -0.2) is 0 Å². The minimum absolute atomic E-state index is 0.255. The first kappa shape index (κ1) is 14.6. The van der Waals surface area contributed by atoms with Crippen molar-refractivity contribution < 1.29 is 14.3 Å². The molecule has 1 amide bonds. The number of ether oxygens (including phenoxy) is 2. The van der Waals surface area contributed by atoms with Crippen LogP contribution in [0.4, 0.5) is 0 Å². The quantitative estimate of drug-likeness (QED) is 0.763. The molecule has 0 aromatic heterocycles. The van der Waals surface area contributed by atoms with Gasteiger partial charge in [0.15, 0.2) is 11.5 Å². The predicted molar refractivity (Wildman–Crippen MR) is 74.9 cm³/mol. The van der Waals surface area contributed by atoms with Crippen molar-refractivity contribution in [2.24, 2.45) is 0 Å². The Morgan fingerprint density at radius 1 is 1.26 bits per heavy atom. The summed E-state index contributed by atoms with van der Waals surface area (Å²) in [5.74, 6) is 0.983. The lowest BCUT2D eigenvalue weighted by atomic mass is 10.1. The number of hydrogen-bond donors (Lipinski definition) is 2. The van der Waals surface area contributed by atoms with Crippen LogP contribution < -0.4 is 20.1 Å². The average Bonchev–Trinajstić information content (AvgIpc) is 2.44. The van der Waals surface area contributed by atoms with Gasteiger partial charge in [-0.1, -0.05) is 6.58 Å². The van der Waals surface area contributed by atoms with E-state index in [0.29, 0.717) is 17.2 Å². The summed E-state index contributed by atoms with van der Waals surface area (Å²) in [4.78, 5) is 11.5. The van der Waals surface area contributed by atoms with E-state index in [2.05, 4.69) is 17.2 Å². The maximum atomic E-state index is 11.5. The van der Waals surface area contributed by atoms with Crippen LogP contribution >= 0.6 is 0 Å². The summed E-state index contributed by atoms with van der Waals surface area (Å²) in [5, 5.41) is 5.45. The summed E-state index contributed by atoms with van der Waals surface area (Å²) in [7, 11) is 4.88. The molecule has 0 bridgehead atoms. The number of carbonyl (C=O) groups excluding carboxylic acids is 1. The highest BCUT2D eigenvalue weighted by Gasteiger charge is 2.08. The van der Waals surface area contributed by atoms with E-state index < -0.39 is 0 Å². The Hall–Kier alpha value is -2.43. The first-order valence-electron chi connectivity index (χ1n) is 5.69. The molecule has 0 aliphatic carbocycles. The third kappa shape index (κ3) is 3.77. The Bertz CT molecular complexity index is 495. The molecular weight excluding hydrogens is 244 g/mol. The number of rotatable bonds is 6. The maximum Gasteiger partial charge on any atom is 0.249 e. The third-order valence-electron chi connectivity index (χ3n) is 2.48. The van der Waals surface area contributed by atoms with Gasteiger partial charge in [0.1, 0.15) is 0 Å². The van der Waals surface area contributed by atoms with Crippen molar-refractivity contribution in [1.82, 2.24) is 10.6 Å². The van der Waals surface area contributed by atoms with Crippen LogP contribution in [-0.4, -0.2) is 27.2 Å². The van der Waals surface area contributed by atoms with Crippen molar-refractivity contribution in [3.05, 3.63) is 42.6 Å². The molecule has 1 aromatic carbocycles. The van der Waals surface area contributed by atoms with Crippen LogP contribution in [0.1, 0.15) is 5.56 Å². The average molecular weight is 262 g/mol. The van der Waals surface area contributed by atoms with Crippen molar-refractivity contribution in [3.8, 4) is 11.5 Å². The Morgan fingerprint density at radius 2 is 1.95 bits per heavy atom. The second kappa shape index (κ2) is 7.10. The molecule has 0 unspecified atom stereocenters. The molecule has 0 spiro atoms. The zero-order chi connectivity index (χ0) is 14.3. The third-order valence-corrected chi connectivity index (χ3v) is 2.48. The molecule has 0 heterocycles. The normalized spacial score (nSPS) is 10.6. The van der Waals surface area contributed by atoms with E-state index in [0.717, 1.165) is 5.56 Å². The summed E-state index contributed by atoms with van der Waals surface area (Å²) >= 11 is 0. The Labute approximate surface area is 112 Å². The molecule has 19 heavy (non-hydrogen) atoms. The largest absolute Gasteiger partial charge is 0.493 e.